The van der Waals surface area contributed by atoms with E-state index in [9.17, 15) is 0 Å². The number of nitrogens with two attached hydrogens (primary N) is 4. The first-order valence-electron chi connectivity index (χ1n) is 10.8. The van der Waals surface area contributed by atoms with Crippen molar-refractivity contribution in [3.8, 4) is 0 Å². The molecule has 9 N–H and O–H groups in total. The molecule has 2 aliphatic heterocycles. The van der Waals surface area contributed by atoms with Crippen LogP contribution in [-0.4, -0.2) is 75.5 Å². The molecule has 0 bridgehead atoms. The molecule has 2 aromatic rings. The SMILES string of the molecule is N[C@@H]1C[C@H](N)CN(c2nc(Nc3nnc(C4CC4)s3)nc(N3C[C@H](N)C[C@H](N)C3)n2)C1. The van der Waals surface area contributed by atoms with Crippen molar-refractivity contribution in [1.29, 1.82) is 0 Å². The third kappa shape index (κ3) is 4.85. The van der Waals surface area contributed by atoms with Gasteiger partial charge in [-0.15, -0.1) is 10.2 Å². The summed E-state index contributed by atoms with van der Waals surface area (Å²) in [6, 6.07) is -0.106. The monoisotopic (exact) mass is 446 g/mol. The Balaban J connectivity index is 1.45. The highest BCUT2D eigenvalue weighted by molar-refractivity contribution is 7.15. The quantitative estimate of drug-likeness (QED) is 0.380. The van der Waals surface area contributed by atoms with E-state index in [4.69, 9.17) is 27.9 Å². The Bertz CT molecular complexity index is 852. The summed E-state index contributed by atoms with van der Waals surface area (Å²) in [5, 5.41) is 13.5. The van der Waals surface area contributed by atoms with Gasteiger partial charge in [0.15, 0.2) is 0 Å². The molecule has 0 aromatic carbocycles. The molecule has 2 saturated heterocycles. The molecule has 0 spiro atoms. The predicted octanol–water partition coefficient (Wildman–Crippen LogP) is -0.926. The molecule has 3 fully saturated rings. The highest BCUT2D eigenvalue weighted by Crippen LogP contribution is 2.42. The zero-order valence-corrected chi connectivity index (χ0v) is 18.2. The highest BCUT2D eigenvalue weighted by Gasteiger charge is 2.30. The molecule has 0 amide bonds. The molecular weight excluding hydrogens is 416 g/mol. The lowest BCUT2D eigenvalue weighted by Gasteiger charge is -2.36. The van der Waals surface area contributed by atoms with Crippen LogP contribution in [0.15, 0.2) is 0 Å². The number of hydrogen-bond acceptors (Lipinski definition) is 13. The largest absolute Gasteiger partial charge is 0.338 e. The molecule has 12 nitrogen and oxygen atoms in total. The molecule has 0 unspecified atom stereocenters. The maximum absolute atomic E-state index is 6.20. The fourth-order valence-electron chi connectivity index (χ4n) is 4.25. The number of piperidine rings is 2. The van der Waals surface area contributed by atoms with Crippen LogP contribution in [0.1, 0.15) is 36.6 Å². The van der Waals surface area contributed by atoms with Gasteiger partial charge in [0.1, 0.15) is 5.01 Å². The van der Waals surface area contributed by atoms with Gasteiger partial charge in [0.25, 0.3) is 0 Å². The highest BCUT2D eigenvalue weighted by atomic mass is 32.1. The molecule has 4 heterocycles. The van der Waals surface area contributed by atoms with Gasteiger partial charge in [-0.2, -0.15) is 15.0 Å². The van der Waals surface area contributed by atoms with Crippen LogP contribution in [0.5, 0.6) is 0 Å². The van der Waals surface area contributed by atoms with Crippen LogP contribution in [0.2, 0.25) is 0 Å². The summed E-state index contributed by atoms with van der Waals surface area (Å²) in [6.45, 7) is 2.56. The van der Waals surface area contributed by atoms with Crippen molar-refractivity contribution in [1.82, 2.24) is 25.1 Å². The van der Waals surface area contributed by atoms with E-state index in [0.29, 0.717) is 55.1 Å². The Morgan fingerprint density at radius 3 is 1.74 bits per heavy atom. The third-order valence-electron chi connectivity index (χ3n) is 5.79. The lowest BCUT2D eigenvalue weighted by molar-refractivity contribution is 0.441. The average Bonchev–Trinajstić information content (AvgIpc) is 3.46. The molecule has 4 atom stereocenters. The Morgan fingerprint density at radius 1 is 0.742 bits per heavy atom. The van der Waals surface area contributed by atoms with E-state index < -0.39 is 0 Å². The third-order valence-corrected chi connectivity index (χ3v) is 6.80. The van der Waals surface area contributed by atoms with Gasteiger partial charge in [-0.05, 0) is 25.7 Å². The Hall–Kier alpha value is -2.19. The smallest absolute Gasteiger partial charge is 0.235 e. The zero-order chi connectivity index (χ0) is 21.5. The molecule has 168 valence electrons. The topological polar surface area (TPSA) is 187 Å². The number of hydrogen-bond donors (Lipinski definition) is 5. The fourth-order valence-corrected chi connectivity index (χ4v) is 5.16. The van der Waals surface area contributed by atoms with Gasteiger partial charge >= 0.3 is 0 Å². The normalized spacial score (nSPS) is 29.3. The summed E-state index contributed by atoms with van der Waals surface area (Å²) >= 11 is 1.54. The maximum atomic E-state index is 6.20. The summed E-state index contributed by atoms with van der Waals surface area (Å²) < 4.78 is 0. The minimum absolute atomic E-state index is 0.0264. The summed E-state index contributed by atoms with van der Waals surface area (Å²) in [6.07, 6.45) is 3.92. The Morgan fingerprint density at radius 2 is 1.26 bits per heavy atom. The van der Waals surface area contributed by atoms with Crippen molar-refractivity contribution in [2.45, 2.75) is 55.8 Å². The minimum atomic E-state index is -0.0264. The first kappa shape index (κ1) is 20.7. The molecule has 31 heavy (non-hydrogen) atoms. The van der Waals surface area contributed by atoms with Crippen LogP contribution in [0.4, 0.5) is 23.0 Å². The Labute approximate surface area is 184 Å². The van der Waals surface area contributed by atoms with Crippen LogP contribution in [0.3, 0.4) is 0 Å². The lowest BCUT2D eigenvalue weighted by Crippen LogP contribution is -2.54. The number of nitrogens with one attached hydrogen (secondary N) is 1. The second kappa shape index (κ2) is 8.39. The minimum Gasteiger partial charge on any atom is -0.338 e. The van der Waals surface area contributed by atoms with E-state index in [-0.39, 0.29) is 24.2 Å². The molecule has 5 rings (SSSR count). The van der Waals surface area contributed by atoms with Crippen molar-refractivity contribution >= 4 is 34.3 Å². The maximum Gasteiger partial charge on any atom is 0.235 e. The summed E-state index contributed by atoms with van der Waals surface area (Å²) in [5.41, 5.74) is 24.8. The van der Waals surface area contributed by atoms with Gasteiger partial charge in [0.05, 0.1) is 0 Å². The molecule has 13 heteroatoms. The van der Waals surface area contributed by atoms with Gasteiger partial charge in [0, 0.05) is 56.3 Å². The van der Waals surface area contributed by atoms with E-state index in [1.165, 1.54) is 12.8 Å². The number of aromatic nitrogens is 5. The number of nitrogens with zero attached hydrogens (tertiary/aromatic N) is 7. The first-order chi connectivity index (χ1) is 14.9. The van der Waals surface area contributed by atoms with Crippen molar-refractivity contribution in [3.63, 3.8) is 0 Å². The van der Waals surface area contributed by atoms with Gasteiger partial charge in [-0.1, -0.05) is 11.3 Å². The average molecular weight is 447 g/mol. The van der Waals surface area contributed by atoms with Crippen molar-refractivity contribution < 1.29 is 0 Å². The standard InChI is InChI=1S/C18H30N12S/c19-10-3-11(20)6-29(5-10)16-23-15(25-18-28-27-14(31-18)9-1-2-9)24-17(26-16)30-7-12(21)4-13(22)8-30/h9-13H,1-8,19-22H2,(H,23,24,25,26,28)/t10-,11+,12-,13+. The molecule has 1 aliphatic carbocycles. The first-order valence-corrected chi connectivity index (χ1v) is 11.6. The van der Waals surface area contributed by atoms with Crippen LogP contribution >= 0.6 is 11.3 Å². The zero-order valence-electron chi connectivity index (χ0n) is 17.4. The van der Waals surface area contributed by atoms with Gasteiger partial charge in [-0.3, -0.25) is 5.32 Å². The van der Waals surface area contributed by atoms with E-state index in [0.717, 1.165) is 17.8 Å². The molecule has 3 aliphatic rings. The van der Waals surface area contributed by atoms with Gasteiger partial charge in [0.2, 0.25) is 23.0 Å². The fraction of sp³-hybridized carbons (Fsp3) is 0.722. The second-order valence-corrected chi connectivity index (χ2v) is 9.93. The van der Waals surface area contributed by atoms with E-state index in [1.54, 1.807) is 11.3 Å². The van der Waals surface area contributed by atoms with Gasteiger partial charge < -0.3 is 32.7 Å². The molecule has 0 radical (unpaired) electrons. The lowest BCUT2D eigenvalue weighted by atomic mass is 10.0. The second-order valence-electron chi connectivity index (χ2n) is 8.93. The van der Waals surface area contributed by atoms with Crippen molar-refractivity contribution in [2.24, 2.45) is 22.9 Å². The van der Waals surface area contributed by atoms with Crippen LogP contribution in [-0.2, 0) is 0 Å². The van der Waals surface area contributed by atoms with E-state index >= 15 is 0 Å². The van der Waals surface area contributed by atoms with Crippen molar-refractivity contribution in [2.75, 3.05) is 41.3 Å². The molecule has 2 aromatic heterocycles. The predicted molar refractivity (Wildman–Crippen MR) is 121 cm³/mol. The van der Waals surface area contributed by atoms with Crippen LogP contribution in [0.25, 0.3) is 0 Å². The van der Waals surface area contributed by atoms with Gasteiger partial charge in [-0.25, -0.2) is 0 Å². The molecular formula is C18H30N12S. The molecule has 1 saturated carbocycles. The Kier molecular flexibility index (Phi) is 5.60. The van der Waals surface area contributed by atoms with Crippen LogP contribution < -0.4 is 38.1 Å². The van der Waals surface area contributed by atoms with E-state index in [1.807, 2.05) is 9.80 Å². The summed E-state index contributed by atoms with van der Waals surface area (Å²) in [4.78, 5) is 18.1. The number of anilines is 4. The number of rotatable bonds is 5. The summed E-state index contributed by atoms with van der Waals surface area (Å²) in [5.74, 6) is 2.04. The van der Waals surface area contributed by atoms with Crippen molar-refractivity contribution in [3.05, 3.63) is 5.01 Å². The van der Waals surface area contributed by atoms with E-state index in [2.05, 4.69) is 25.5 Å². The van der Waals surface area contributed by atoms with Crippen LogP contribution in [0, 0.1) is 0 Å². The summed E-state index contributed by atoms with van der Waals surface area (Å²) in [7, 11) is 0.